The first-order valence-corrected chi connectivity index (χ1v) is 6.53. The number of amides is 1. The molecule has 1 aromatic carbocycles. The van der Waals surface area contributed by atoms with Crippen LogP contribution in [0.5, 0.6) is 0 Å². The number of benzene rings is 1. The lowest BCUT2D eigenvalue weighted by Gasteiger charge is -2.15. The van der Waals surface area contributed by atoms with E-state index in [-0.39, 0.29) is 17.3 Å². The SMILES string of the molecule is CC(C)C(Br)CNC(=O)c1c(F)c(F)c(F)c(F)c1F. The molecule has 1 rings (SSSR count). The molecular formula is C12H11BrF5NO. The van der Waals surface area contributed by atoms with Crippen molar-refractivity contribution in [3.05, 3.63) is 34.6 Å². The highest BCUT2D eigenvalue weighted by Gasteiger charge is 2.29. The fourth-order valence-corrected chi connectivity index (χ4v) is 1.48. The van der Waals surface area contributed by atoms with Crippen molar-refractivity contribution in [3.8, 4) is 0 Å². The first kappa shape index (κ1) is 16.9. The normalized spacial score (nSPS) is 12.7. The Labute approximate surface area is 120 Å². The van der Waals surface area contributed by atoms with Gasteiger partial charge in [-0.05, 0) is 5.92 Å². The molecule has 0 saturated carbocycles. The fraction of sp³-hybridized carbons (Fsp3) is 0.417. The van der Waals surface area contributed by atoms with E-state index in [0.717, 1.165) is 0 Å². The molecule has 1 atom stereocenters. The van der Waals surface area contributed by atoms with E-state index in [1.54, 1.807) is 0 Å². The average Bonchev–Trinajstić information content (AvgIpc) is 2.40. The van der Waals surface area contributed by atoms with E-state index < -0.39 is 40.6 Å². The van der Waals surface area contributed by atoms with Crippen molar-refractivity contribution in [3.63, 3.8) is 0 Å². The van der Waals surface area contributed by atoms with Gasteiger partial charge in [-0.25, -0.2) is 22.0 Å². The molecule has 0 radical (unpaired) electrons. The largest absolute Gasteiger partial charge is 0.351 e. The van der Waals surface area contributed by atoms with Crippen LogP contribution in [0.4, 0.5) is 22.0 Å². The lowest BCUT2D eigenvalue weighted by molar-refractivity contribution is 0.0941. The number of alkyl halides is 1. The quantitative estimate of drug-likeness (QED) is 0.379. The predicted octanol–water partition coefficient (Wildman–Crippen LogP) is 3.53. The van der Waals surface area contributed by atoms with E-state index in [4.69, 9.17) is 0 Å². The van der Waals surface area contributed by atoms with Crippen molar-refractivity contribution in [1.29, 1.82) is 0 Å². The van der Waals surface area contributed by atoms with Gasteiger partial charge in [0.1, 0.15) is 5.56 Å². The highest BCUT2D eigenvalue weighted by Crippen LogP contribution is 2.23. The Balaban J connectivity index is 3.06. The summed E-state index contributed by atoms with van der Waals surface area (Å²) in [5, 5.41) is 2.11. The zero-order chi connectivity index (χ0) is 15.6. The molecule has 0 aliphatic carbocycles. The summed E-state index contributed by atoms with van der Waals surface area (Å²) in [5.74, 6) is -12.1. The lowest BCUT2D eigenvalue weighted by Crippen LogP contribution is -2.33. The first-order chi connectivity index (χ1) is 9.18. The second-order valence-electron chi connectivity index (χ2n) is 4.41. The summed E-state index contributed by atoms with van der Waals surface area (Å²) in [6.07, 6.45) is 0. The van der Waals surface area contributed by atoms with Crippen LogP contribution in [0, 0.1) is 35.0 Å². The van der Waals surface area contributed by atoms with Crippen LogP contribution in [0.1, 0.15) is 24.2 Å². The standard InChI is InChI=1S/C12H11BrF5NO/c1-4(2)5(13)3-19-12(20)6-7(14)9(16)11(18)10(17)8(6)15/h4-5H,3H2,1-2H3,(H,19,20). The summed E-state index contributed by atoms with van der Waals surface area (Å²) in [5.41, 5.74) is -1.48. The van der Waals surface area contributed by atoms with Crippen LogP contribution in [0.2, 0.25) is 0 Å². The average molecular weight is 360 g/mol. The van der Waals surface area contributed by atoms with Gasteiger partial charge >= 0.3 is 0 Å². The highest BCUT2D eigenvalue weighted by molar-refractivity contribution is 9.09. The van der Waals surface area contributed by atoms with Gasteiger partial charge in [0.25, 0.3) is 5.91 Å². The Morgan fingerprint density at radius 2 is 1.40 bits per heavy atom. The first-order valence-electron chi connectivity index (χ1n) is 5.62. The van der Waals surface area contributed by atoms with Crippen LogP contribution in [0.15, 0.2) is 0 Å². The van der Waals surface area contributed by atoms with E-state index in [2.05, 4.69) is 21.2 Å². The number of hydrogen-bond donors (Lipinski definition) is 1. The van der Waals surface area contributed by atoms with Gasteiger partial charge < -0.3 is 5.32 Å². The van der Waals surface area contributed by atoms with Crippen molar-refractivity contribution in [2.24, 2.45) is 5.92 Å². The molecule has 1 amide bonds. The number of halogens is 6. The van der Waals surface area contributed by atoms with Crippen LogP contribution in [-0.4, -0.2) is 17.3 Å². The van der Waals surface area contributed by atoms with Gasteiger partial charge in [-0.15, -0.1) is 0 Å². The van der Waals surface area contributed by atoms with Crippen molar-refractivity contribution < 1.29 is 26.7 Å². The van der Waals surface area contributed by atoms with Crippen molar-refractivity contribution in [1.82, 2.24) is 5.32 Å². The van der Waals surface area contributed by atoms with E-state index >= 15 is 0 Å². The highest BCUT2D eigenvalue weighted by atomic mass is 79.9. The van der Waals surface area contributed by atoms with Gasteiger partial charge in [0.05, 0.1) is 0 Å². The Kier molecular flexibility index (Phi) is 5.50. The van der Waals surface area contributed by atoms with E-state index in [1.807, 2.05) is 13.8 Å². The summed E-state index contributed by atoms with van der Waals surface area (Å²) in [4.78, 5) is 11.4. The molecule has 0 aliphatic rings. The molecule has 1 unspecified atom stereocenters. The number of rotatable bonds is 4. The van der Waals surface area contributed by atoms with Gasteiger partial charge in [0, 0.05) is 11.4 Å². The van der Waals surface area contributed by atoms with Crippen LogP contribution >= 0.6 is 15.9 Å². The third kappa shape index (κ3) is 3.28. The number of carbonyl (C=O) groups excluding carboxylic acids is 1. The Morgan fingerprint density at radius 1 is 1.00 bits per heavy atom. The minimum Gasteiger partial charge on any atom is -0.351 e. The van der Waals surface area contributed by atoms with Crippen molar-refractivity contribution in [2.75, 3.05) is 6.54 Å². The molecule has 0 spiro atoms. The molecule has 0 bridgehead atoms. The molecule has 1 aromatic rings. The molecule has 0 saturated heterocycles. The second-order valence-corrected chi connectivity index (χ2v) is 5.59. The van der Waals surface area contributed by atoms with Gasteiger partial charge in [0.15, 0.2) is 23.3 Å². The molecule has 0 aromatic heterocycles. The molecule has 0 aliphatic heterocycles. The summed E-state index contributed by atoms with van der Waals surface area (Å²) in [6, 6.07) is 0. The van der Waals surface area contributed by atoms with Crippen molar-refractivity contribution in [2.45, 2.75) is 18.7 Å². The monoisotopic (exact) mass is 359 g/mol. The van der Waals surface area contributed by atoms with Crippen molar-refractivity contribution >= 4 is 21.8 Å². The zero-order valence-electron chi connectivity index (χ0n) is 10.5. The van der Waals surface area contributed by atoms with E-state index in [1.165, 1.54) is 0 Å². The van der Waals surface area contributed by atoms with Crippen LogP contribution in [0.3, 0.4) is 0 Å². The van der Waals surface area contributed by atoms with Gasteiger partial charge in [-0.3, -0.25) is 4.79 Å². The van der Waals surface area contributed by atoms with E-state index in [0.29, 0.717) is 0 Å². The smallest absolute Gasteiger partial charge is 0.257 e. The second kappa shape index (κ2) is 6.51. The molecule has 2 nitrogen and oxygen atoms in total. The number of hydrogen-bond acceptors (Lipinski definition) is 1. The summed E-state index contributed by atoms with van der Waals surface area (Å²) in [6.45, 7) is 3.63. The van der Waals surface area contributed by atoms with Gasteiger partial charge in [0.2, 0.25) is 5.82 Å². The molecule has 20 heavy (non-hydrogen) atoms. The summed E-state index contributed by atoms with van der Waals surface area (Å²) in [7, 11) is 0. The maximum Gasteiger partial charge on any atom is 0.257 e. The Bertz CT molecular complexity index is 506. The third-order valence-corrected chi connectivity index (χ3v) is 4.00. The minimum atomic E-state index is -2.29. The van der Waals surface area contributed by atoms with Crippen LogP contribution in [0.25, 0.3) is 0 Å². The molecule has 1 N–H and O–H groups in total. The third-order valence-electron chi connectivity index (χ3n) is 2.62. The Hall–Kier alpha value is -1.18. The molecular weight excluding hydrogens is 349 g/mol. The Morgan fingerprint density at radius 3 is 1.80 bits per heavy atom. The molecule has 0 fully saturated rings. The maximum absolute atomic E-state index is 13.3. The van der Waals surface area contributed by atoms with Gasteiger partial charge in [-0.1, -0.05) is 29.8 Å². The molecule has 8 heteroatoms. The number of carbonyl (C=O) groups is 1. The van der Waals surface area contributed by atoms with Crippen LogP contribution < -0.4 is 5.32 Å². The summed E-state index contributed by atoms with van der Waals surface area (Å²) >= 11 is 3.21. The van der Waals surface area contributed by atoms with Gasteiger partial charge in [-0.2, -0.15) is 0 Å². The van der Waals surface area contributed by atoms with E-state index in [9.17, 15) is 26.7 Å². The van der Waals surface area contributed by atoms with Crippen LogP contribution in [-0.2, 0) is 0 Å². The predicted molar refractivity (Wildman–Crippen MR) is 66.1 cm³/mol. The molecule has 0 heterocycles. The minimum absolute atomic E-state index is 0.0179. The zero-order valence-corrected chi connectivity index (χ0v) is 12.1. The maximum atomic E-state index is 13.3. The lowest BCUT2D eigenvalue weighted by atomic mass is 10.1. The summed E-state index contributed by atoms with van der Waals surface area (Å²) < 4.78 is 65.4. The fourth-order valence-electron chi connectivity index (χ4n) is 1.32. The topological polar surface area (TPSA) is 29.1 Å². The molecule has 112 valence electrons. The number of nitrogens with one attached hydrogen (secondary N) is 1.